The molecular formula is C15H28N2OS. The minimum Gasteiger partial charge on any atom is -0.392 e. The highest BCUT2D eigenvalue weighted by Crippen LogP contribution is 2.29. The summed E-state index contributed by atoms with van der Waals surface area (Å²) in [6.45, 7) is 5.95. The quantitative estimate of drug-likeness (QED) is 0.737. The largest absolute Gasteiger partial charge is 0.392 e. The number of carbonyl (C=O) groups is 1. The number of nitrogens with one attached hydrogen (secondary N) is 1. The number of thiocarbonyl (C=S) groups is 1. The van der Waals surface area contributed by atoms with Crippen molar-refractivity contribution in [2.75, 3.05) is 0 Å². The van der Waals surface area contributed by atoms with Crippen molar-refractivity contribution in [1.82, 2.24) is 5.32 Å². The Morgan fingerprint density at radius 1 is 1.37 bits per heavy atom. The highest BCUT2D eigenvalue weighted by atomic mass is 32.1. The molecule has 0 aromatic heterocycles. The molecule has 2 unspecified atom stereocenters. The van der Waals surface area contributed by atoms with Gasteiger partial charge in [-0.3, -0.25) is 4.79 Å². The molecule has 0 heterocycles. The van der Waals surface area contributed by atoms with Gasteiger partial charge >= 0.3 is 0 Å². The first-order chi connectivity index (χ1) is 8.95. The van der Waals surface area contributed by atoms with Crippen LogP contribution in [0.25, 0.3) is 0 Å². The number of nitrogens with two attached hydrogens (primary N) is 1. The molecule has 19 heavy (non-hydrogen) atoms. The second-order valence-electron chi connectivity index (χ2n) is 5.94. The summed E-state index contributed by atoms with van der Waals surface area (Å²) in [6.07, 6.45) is 8.00. The monoisotopic (exact) mass is 284 g/mol. The van der Waals surface area contributed by atoms with Crippen molar-refractivity contribution in [2.45, 2.75) is 71.8 Å². The molecule has 0 radical (unpaired) electrons. The molecule has 0 saturated heterocycles. The van der Waals surface area contributed by atoms with E-state index in [4.69, 9.17) is 18.0 Å². The third-order valence-electron chi connectivity index (χ3n) is 4.73. The number of amides is 1. The van der Waals surface area contributed by atoms with Gasteiger partial charge in [0.1, 0.15) is 0 Å². The lowest BCUT2D eigenvalue weighted by Crippen LogP contribution is -2.51. The van der Waals surface area contributed by atoms with Crippen LogP contribution < -0.4 is 11.1 Å². The first kappa shape index (κ1) is 16.4. The van der Waals surface area contributed by atoms with E-state index in [0.29, 0.717) is 17.3 Å². The lowest BCUT2D eigenvalue weighted by atomic mass is 9.81. The summed E-state index contributed by atoms with van der Waals surface area (Å²) in [4.78, 5) is 12.8. The second kappa shape index (κ2) is 7.22. The lowest BCUT2D eigenvalue weighted by Gasteiger charge is -2.34. The maximum Gasteiger partial charge on any atom is 0.232 e. The average Bonchev–Trinajstić information content (AvgIpc) is 2.44. The molecule has 2 atom stereocenters. The van der Waals surface area contributed by atoms with Gasteiger partial charge in [-0.15, -0.1) is 0 Å². The molecule has 110 valence electrons. The molecule has 1 fully saturated rings. The van der Waals surface area contributed by atoms with E-state index >= 15 is 0 Å². The fourth-order valence-corrected chi connectivity index (χ4v) is 3.10. The molecule has 1 aliphatic carbocycles. The highest BCUT2D eigenvalue weighted by Gasteiger charge is 2.36. The molecule has 0 aromatic carbocycles. The lowest BCUT2D eigenvalue weighted by molar-refractivity contribution is -0.128. The summed E-state index contributed by atoms with van der Waals surface area (Å²) in [6, 6.07) is 0.271. The van der Waals surface area contributed by atoms with E-state index in [2.05, 4.69) is 12.2 Å². The molecule has 3 N–H and O–H groups in total. The SMILES string of the molecule is CCC(NC(=O)C(C)(CC)C(N)=S)C1CCCCC1. The van der Waals surface area contributed by atoms with Gasteiger partial charge in [0, 0.05) is 6.04 Å². The summed E-state index contributed by atoms with van der Waals surface area (Å²) < 4.78 is 0. The molecule has 3 nitrogen and oxygen atoms in total. The fraction of sp³-hybridized carbons (Fsp3) is 0.867. The van der Waals surface area contributed by atoms with Gasteiger partial charge in [-0.1, -0.05) is 45.3 Å². The zero-order valence-corrected chi connectivity index (χ0v) is 13.3. The first-order valence-electron chi connectivity index (χ1n) is 7.56. The van der Waals surface area contributed by atoms with Crippen LogP contribution in [0.5, 0.6) is 0 Å². The van der Waals surface area contributed by atoms with E-state index in [1.807, 2.05) is 13.8 Å². The smallest absolute Gasteiger partial charge is 0.232 e. The van der Waals surface area contributed by atoms with Crippen LogP contribution in [0.1, 0.15) is 65.7 Å². The van der Waals surface area contributed by atoms with Crippen LogP contribution in [0.3, 0.4) is 0 Å². The summed E-state index contributed by atoms with van der Waals surface area (Å²) in [5.74, 6) is 0.620. The fourth-order valence-electron chi connectivity index (χ4n) is 2.86. The van der Waals surface area contributed by atoms with Crippen molar-refractivity contribution in [1.29, 1.82) is 0 Å². The number of rotatable bonds is 6. The number of hydrogen-bond acceptors (Lipinski definition) is 2. The summed E-state index contributed by atoms with van der Waals surface area (Å²) in [5.41, 5.74) is 5.04. The minimum atomic E-state index is -0.711. The summed E-state index contributed by atoms with van der Waals surface area (Å²) in [7, 11) is 0. The average molecular weight is 284 g/mol. The van der Waals surface area contributed by atoms with Crippen molar-refractivity contribution < 1.29 is 4.79 Å². The van der Waals surface area contributed by atoms with E-state index in [0.717, 1.165) is 6.42 Å². The molecule has 0 bridgehead atoms. The van der Waals surface area contributed by atoms with Crippen molar-refractivity contribution >= 4 is 23.1 Å². The Labute approximate surface area is 122 Å². The number of carbonyl (C=O) groups excluding carboxylic acids is 1. The summed E-state index contributed by atoms with van der Waals surface area (Å²) in [5, 5.41) is 3.20. The zero-order valence-electron chi connectivity index (χ0n) is 12.5. The zero-order chi connectivity index (χ0) is 14.5. The maximum atomic E-state index is 12.5. The minimum absolute atomic E-state index is 0.0000709. The van der Waals surface area contributed by atoms with Crippen LogP contribution in [0.2, 0.25) is 0 Å². The predicted molar refractivity (Wildman–Crippen MR) is 84.0 cm³/mol. The van der Waals surface area contributed by atoms with Gasteiger partial charge in [-0.25, -0.2) is 0 Å². The molecule has 1 saturated carbocycles. The molecule has 0 aliphatic heterocycles. The molecule has 4 heteroatoms. The molecule has 1 rings (SSSR count). The molecule has 0 aromatic rings. The van der Waals surface area contributed by atoms with E-state index in [9.17, 15) is 4.79 Å². The van der Waals surface area contributed by atoms with Crippen LogP contribution in [-0.2, 0) is 4.79 Å². The standard InChI is InChI=1S/C15H28N2OS/c1-4-12(11-9-7-6-8-10-11)17-14(18)15(3,5-2)13(16)19/h11-12H,4-10H2,1-3H3,(H2,16,19)(H,17,18). The van der Waals surface area contributed by atoms with E-state index in [1.165, 1.54) is 32.1 Å². The number of hydrogen-bond donors (Lipinski definition) is 2. The van der Waals surface area contributed by atoms with Gasteiger partial charge in [0.2, 0.25) is 5.91 Å². The van der Waals surface area contributed by atoms with Crippen molar-refractivity contribution in [3.63, 3.8) is 0 Å². The molecular weight excluding hydrogens is 256 g/mol. The van der Waals surface area contributed by atoms with Gasteiger partial charge in [-0.05, 0) is 38.5 Å². The molecule has 0 spiro atoms. The van der Waals surface area contributed by atoms with Crippen molar-refractivity contribution in [3.8, 4) is 0 Å². The van der Waals surface area contributed by atoms with E-state index in [1.54, 1.807) is 0 Å². The molecule has 1 aliphatic rings. The predicted octanol–water partition coefficient (Wildman–Crippen LogP) is 3.16. The van der Waals surface area contributed by atoms with Crippen LogP contribution in [-0.4, -0.2) is 16.9 Å². The highest BCUT2D eigenvalue weighted by molar-refractivity contribution is 7.80. The first-order valence-corrected chi connectivity index (χ1v) is 7.97. The summed E-state index contributed by atoms with van der Waals surface area (Å²) >= 11 is 5.07. The Bertz CT molecular complexity index is 326. The second-order valence-corrected chi connectivity index (χ2v) is 6.38. The maximum absolute atomic E-state index is 12.5. The van der Waals surface area contributed by atoms with Crippen molar-refractivity contribution in [3.05, 3.63) is 0 Å². The normalized spacial score (nSPS) is 21.4. The third kappa shape index (κ3) is 3.91. The molecule has 1 amide bonds. The van der Waals surface area contributed by atoms with E-state index < -0.39 is 5.41 Å². The van der Waals surface area contributed by atoms with Crippen LogP contribution in [0.15, 0.2) is 0 Å². The van der Waals surface area contributed by atoms with Crippen LogP contribution in [0, 0.1) is 11.3 Å². The Kier molecular flexibility index (Phi) is 6.24. The van der Waals surface area contributed by atoms with Gasteiger partial charge < -0.3 is 11.1 Å². The third-order valence-corrected chi connectivity index (χ3v) is 5.18. The van der Waals surface area contributed by atoms with Gasteiger partial charge in [0.15, 0.2) is 0 Å². The van der Waals surface area contributed by atoms with Gasteiger partial charge in [-0.2, -0.15) is 0 Å². The Hall–Kier alpha value is -0.640. The van der Waals surface area contributed by atoms with Gasteiger partial charge in [0.25, 0.3) is 0 Å². The topological polar surface area (TPSA) is 55.1 Å². The Balaban J connectivity index is 2.69. The van der Waals surface area contributed by atoms with Gasteiger partial charge in [0.05, 0.1) is 10.4 Å². The Morgan fingerprint density at radius 2 is 1.95 bits per heavy atom. The van der Waals surface area contributed by atoms with Crippen LogP contribution in [0.4, 0.5) is 0 Å². The van der Waals surface area contributed by atoms with Crippen molar-refractivity contribution in [2.24, 2.45) is 17.1 Å². The Morgan fingerprint density at radius 3 is 2.37 bits per heavy atom. The van der Waals surface area contributed by atoms with E-state index in [-0.39, 0.29) is 11.9 Å². The van der Waals surface area contributed by atoms with Crippen LogP contribution >= 0.6 is 12.2 Å².